The lowest BCUT2D eigenvalue weighted by Crippen LogP contribution is -2.45. The molecule has 3 N–H and O–H groups in total. The molecule has 0 spiro atoms. The zero-order chi connectivity index (χ0) is 24.5. The predicted molar refractivity (Wildman–Crippen MR) is 142 cm³/mol. The minimum absolute atomic E-state index is 0.0222. The molecule has 0 bridgehead atoms. The van der Waals surface area contributed by atoms with Crippen molar-refractivity contribution in [1.29, 1.82) is 0 Å². The molecule has 1 saturated heterocycles. The van der Waals surface area contributed by atoms with Gasteiger partial charge in [-0.25, -0.2) is 4.98 Å². The highest BCUT2D eigenvalue weighted by Gasteiger charge is 2.25. The number of carbonyl (C=O) groups is 1. The Bertz CT molecular complexity index is 1450. The summed E-state index contributed by atoms with van der Waals surface area (Å²) < 4.78 is 0. The van der Waals surface area contributed by atoms with Gasteiger partial charge in [0, 0.05) is 28.9 Å². The van der Waals surface area contributed by atoms with Crippen molar-refractivity contribution in [2.24, 2.45) is 0 Å². The number of rotatable bonds is 5. The third kappa shape index (κ3) is 4.54. The van der Waals surface area contributed by atoms with Crippen LogP contribution in [0.2, 0.25) is 0 Å². The quantitative estimate of drug-likeness (QED) is 0.383. The van der Waals surface area contributed by atoms with Gasteiger partial charge in [-0.15, -0.1) is 0 Å². The summed E-state index contributed by atoms with van der Waals surface area (Å²) >= 11 is 0. The maximum atomic E-state index is 12.5. The second-order valence-electron chi connectivity index (χ2n) is 9.78. The smallest absolute Gasteiger partial charge is 0.237 e. The summed E-state index contributed by atoms with van der Waals surface area (Å²) in [4.78, 5) is 29.7. The summed E-state index contributed by atoms with van der Waals surface area (Å²) in [7, 11) is 0. The Labute approximate surface area is 210 Å². The van der Waals surface area contributed by atoms with Crippen LogP contribution in [0.25, 0.3) is 39.1 Å². The van der Waals surface area contributed by atoms with Gasteiger partial charge in [-0.3, -0.25) is 14.8 Å². The Hall–Kier alpha value is -3.84. The third-order valence-corrected chi connectivity index (χ3v) is 7.24. The Morgan fingerprint density at radius 2 is 2.00 bits per heavy atom. The van der Waals surface area contributed by atoms with Crippen LogP contribution in [0.3, 0.4) is 0 Å². The second kappa shape index (κ2) is 9.66. The van der Waals surface area contributed by atoms with Crippen molar-refractivity contribution in [3.63, 3.8) is 0 Å². The molecule has 4 heterocycles. The molecule has 1 aliphatic carbocycles. The molecule has 182 valence electrons. The average molecular weight is 479 g/mol. The Morgan fingerprint density at radius 1 is 1.08 bits per heavy atom. The Balaban J connectivity index is 1.23. The molecule has 1 aliphatic heterocycles. The largest absolute Gasteiger partial charge is 0.352 e. The van der Waals surface area contributed by atoms with Crippen LogP contribution < -0.4 is 10.6 Å². The van der Waals surface area contributed by atoms with Crippen LogP contribution >= 0.6 is 0 Å². The normalized spacial score (nSPS) is 19.9. The van der Waals surface area contributed by atoms with Crippen LogP contribution in [0.1, 0.15) is 43.4 Å². The molecule has 4 aromatic rings. The number of fused-ring (bicyclic) bond motifs is 1. The van der Waals surface area contributed by atoms with Gasteiger partial charge < -0.3 is 15.6 Å². The number of nitrogens with zero attached hydrogens (tertiary/aromatic N) is 3. The molecule has 7 heteroatoms. The summed E-state index contributed by atoms with van der Waals surface area (Å²) in [6, 6.07) is 14.7. The summed E-state index contributed by atoms with van der Waals surface area (Å²) in [5.41, 5.74) is 8.07. The fraction of sp³-hybridized carbons (Fsp3) is 0.310. The number of aromatic amines is 1. The van der Waals surface area contributed by atoms with E-state index in [-0.39, 0.29) is 18.0 Å². The van der Waals surface area contributed by atoms with Gasteiger partial charge in [0.15, 0.2) is 0 Å². The van der Waals surface area contributed by atoms with Gasteiger partial charge in [0.25, 0.3) is 0 Å². The number of pyridine rings is 2. The van der Waals surface area contributed by atoms with Gasteiger partial charge in [0.2, 0.25) is 5.91 Å². The van der Waals surface area contributed by atoms with Gasteiger partial charge in [0.1, 0.15) is 0 Å². The Morgan fingerprint density at radius 3 is 2.81 bits per heavy atom. The van der Waals surface area contributed by atoms with Crippen molar-refractivity contribution in [3.05, 3.63) is 72.3 Å². The lowest BCUT2D eigenvalue weighted by Gasteiger charge is -2.24. The first-order chi connectivity index (χ1) is 17.6. The number of hydrogen-bond acceptors (Lipinski definition) is 5. The van der Waals surface area contributed by atoms with E-state index < -0.39 is 0 Å². The topological polar surface area (TPSA) is 95.6 Å². The fourth-order valence-corrected chi connectivity index (χ4v) is 5.28. The van der Waals surface area contributed by atoms with Crippen LogP contribution in [0, 0.1) is 6.92 Å². The van der Waals surface area contributed by atoms with E-state index >= 15 is 0 Å². The lowest BCUT2D eigenvalue weighted by atomic mass is 9.90. The van der Waals surface area contributed by atoms with E-state index in [4.69, 9.17) is 4.98 Å². The van der Waals surface area contributed by atoms with Crippen molar-refractivity contribution in [3.8, 4) is 22.6 Å². The molecule has 0 saturated carbocycles. The molecule has 1 amide bonds. The zero-order valence-electron chi connectivity index (χ0n) is 20.4. The molecule has 36 heavy (non-hydrogen) atoms. The molecule has 2 aliphatic rings. The minimum atomic E-state index is -0.0222. The fourth-order valence-electron chi connectivity index (χ4n) is 5.28. The van der Waals surface area contributed by atoms with E-state index in [0.29, 0.717) is 0 Å². The van der Waals surface area contributed by atoms with Crippen molar-refractivity contribution in [2.75, 3.05) is 6.54 Å². The van der Waals surface area contributed by atoms with E-state index in [1.165, 1.54) is 5.57 Å². The molecule has 6 rings (SSSR count). The standard InChI is InChI=1S/C29H30N6O/c1-18-4-2-5-25(34-18)28-27(32-17-33-28)20-9-12-24-21(14-20)15-22(16-31-24)19-7-10-23(11-8-19)35-29(36)26-6-3-13-30-26/h2,4-5,7,9,12,14-17,23,26,30H,3,6,8,10-11,13H2,1H3,(H,32,33)(H,35,36)/t23-,26-/m1/s1. The van der Waals surface area contributed by atoms with Crippen LogP contribution in [-0.4, -0.2) is 44.5 Å². The average Bonchev–Trinajstić information content (AvgIpc) is 3.61. The summed E-state index contributed by atoms with van der Waals surface area (Å²) in [6.07, 6.45) is 10.7. The highest BCUT2D eigenvalue weighted by Crippen LogP contribution is 2.32. The first-order valence-corrected chi connectivity index (χ1v) is 12.7. The third-order valence-electron chi connectivity index (χ3n) is 7.24. The molecular formula is C29H30N6O. The van der Waals surface area contributed by atoms with Gasteiger partial charge in [-0.05, 0) is 87.0 Å². The van der Waals surface area contributed by atoms with E-state index in [2.05, 4.69) is 55.9 Å². The number of hydrogen-bond donors (Lipinski definition) is 3. The van der Waals surface area contributed by atoms with Gasteiger partial charge in [-0.2, -0.15) is 0 Å². The maximum Gasteiger partial charge on any atom is 0.237 e. The van der Waals surface area contributed by atoms with Crippen LogP contribution in [0.15, 0.2) is 61.1 Å². The monoisotopic (exact) mass is 478 g/mol. The first-order valence-electron chi connectivity index (χ1n) is 12.7. The van der Waals surface area contributed by atoms with Crippen molar-refractivity contribution in [2.45, 2.75) is 51.1 Å². The number of amides is 1. The zero-order valence-corrected chi connectivity index (χ0v) is 20.4. The maximum absolute atomic E-state index is 12.5. The number of allylic oxidation sites excluding steroid dienone is 1. The molecule has 1 fully saturated rings. The van der Waals surface area contributed by atoms with E-state index in [9.17, 15) is 4.79 Å². The SMILES string of the molecule is Cc1cccc(-c2[nH]cnc2-c2ccc3ncc(C4=CC[C@@H](NC(=O)[C@H]5CCCN5)CC4)cc3c2)n1. The number of H-pyrrole nitrogens is 1. The molecule has 0 unspecified atom stereocenters. The predicted octanol–water partition coefficient (Wildman–Crippen LogP) is 4.80. The summed E-state index contributed by atoms with van der Waals surface area (Å²) in [6.45, 7) is 2.93. The molecule has 3 aromatic heterocycles. The summed E-state index contributed by atoms with van der Waals surface area (Å²) in [5, 5.41) is 7.60. The van der Waals surface area contributed by atoms with Crippen molar-refractivity contribution >= 4 is 22.4 Å². The number of aromatic nitrogens is 4. The van der Waals surface area contributed by atoms with Gasteiger partial charge >= 0.3 is 0 Å². The molecule has 0 radical (unpaired) electrons. The van der Waals surface area contributed by atoms with Crippen LogP contribution in [0.4, 0.5) is 0 Å². The van der Waals surface area contributed by atoms with Crippen molar-refractivity contribution < 1.29 is 4.79 Å². The summed E-state index contributed by atoms with van der Waals surface area (Å²) in [5.74, 6) is 0.146. The van der Waals surface area contributed by atoms with Gasteiger partial charge in [0.05, 0.1) is 35.0 Å². The number of imidazole rings is 1. The van der Waals surface area contributed by atoms with E-state index in [1.807, 2.05) is 31.3 Å². The number of carbonyl (C=O) groups excluding carboxylic acids is 1. The van der Waals surface area contributed by atoms with Crippen LogP contribution in [0.5, 0.6) is 0 Å². The molecular weight excluding hydrogens is 448 g/mol. The minimum Gasteiger partial charge on any atom is -0.352 e. The highest BCUT2D eigenvalue weighted by atomic mass is 16.2. The van der Waals surface area contributed by atoms with Gasteiger partial charge in [-0.1, -0.05) is 18.2 Å². The van der Waals surface area contributed by atoms with Crippen molar-refractivity contribution in [1.82, 2.24) is 30.6 Å². The molecule has 2 atom stereocenters. The number of benzene rings is 1. The number of nitrogens with one attached hydrogen (secondary N) is 3. The number of aryl methyl sites for hydroxylation is 1. The Kier molecular flexibility index (Phi) is 6.07. The molecule has 1 aromatic carbocycles. The second-order valence-corrected chi connectivity index (χ2v) is 9.78. The molecule has 7 nitrogen and oxygen atoms in total. The van der Waals surface area contributed by atoms with Crippen LogP contribution in [-0.2, 0) is 4.79 Å². The van der Waals surface area contributed by atoms with E-state index in [0.717, 1.165) is 83.5 Å². The lowest BCUT2D eigenvalue weighted by molar-refractivity contribution is -0.123. The van der Waals surface area contributed by atoms with E-state index in [1.54, 1.807) is 6.33 Å². The first kappa shape index (κ1) is 22.6. The highest BCUT2D eigenvalue weighted by molar-refractivity contribution is 5.89.